The average Bonchev–Trinajstić information content (AvgIpc) is 3.63. The highest BCUT2D eigenvalue weighted by Gasteiger charge is 2.43. The minimum absolute atomic E-state index is 0.00990. The number of nitrogens with zero attached hydrogens (tertiary/aromatic N) is 4. The molecule has 1 fully saturated rings. The number of rotatable bonds is 24. The van der Waals surface area contributed by atoms with Gasteiger partial charge in [-0.2, -0.15) is 0 Å². The van der Waals surface area contributed by atoms with Crippen LogP contribution in [0.1, 0.15) is 86.8 Å². The lowest BCUT2D eigenvalue weighted by Crippen LogP contribution is -2.60. The number of pyridine rings is 1. The van der Waals surface area contributed by atoms with Gasteiger partial charge in [-0.3, -0.25) is 29.1 Å². The SMILES string of the molecule is CCOCCN(C)[C@H](C(=O)N[C@H](C(=O)N(C)[C@@H]([C@@H](C)CC)[C@@H](CC(=O)N1CCC[C@H]1[C@H](OC)[C@@H](C)C(=O)NCCc1ccccn1)OC)C(C)C)C(C)C. The van der Waals surface area contributed by atoms with E-state index in [2.05, 4.69) is 29.5 Å². The van der Waals surface area contributed by atoms with Gasteiger partial charge in [0.05, 0.1) is 49.3 Å². The largest absolute Gasteiger partial charge is 0.380 e. The zero-order chi connectivity index (χ0) is 40.5. The molecule has 1 aromatic heterocycles. The van der Waals surface area contributed by atoms with Crippen LogP contribution in [0.25, 0.3) is 0 Å². The minimum atomic E-state index is -0.772. The second-order valence-electron chi connectivity index (χ2n) is 15.5. The van der Waals surface area contributed by atoms with Gasteiger partial charge in [0.15, 0.2) is 0 Å². The van der Waals surface area contributed by atoms with Crippen LogP contribution in [0, 0.1) is 23.7 Å². The van der Waals surface area contributed by atoms with Crippen LogP contribution in [-0.2, 0) is 39.8 Å². The molecule has 0 bridgehead atoms. The Kier molecular flexibility index (Phi) is 20.6. The van der Waals surface area contributed by atoms with Crippen molar-refractivity contribution in [2.75, 3.05) is 61.2 Å². The van der Waals surface area contributed by atoms with Gasteiger partial charge in [0.2, 0.25) is 23.6 Å². The van der Waals surface area contributed by atoms with Crippen LogP contribution in [0.15, 0.2) is 24.4 Å². The molecule has 13 heteroatoms. The van der Waals surface area contributed by atoms with Crippen molar-refractivity contribution in [2.45, 2.75) is 124 Å². The number of ether oxygens (including phenoxy) is 3. The number of carbonyl (C=O) groups excluding carboxylic acids is 4. The summed E-state index contributed by atoms with van der Waals surface area (Å²) in [5.41, 5.74) is 0.901. The Bertz CT molecular complexity index is 1280. The van der Waals surface area contributed by atoms with Gasteiger partial charge in [-0.15, -0.1) is 0 Å². The number of likely N-dealkylation sites (tertiary alicyclic amines) is 1. The van der Waals surface area contributed by atoms with E-state index in [0.717, 1.165) is 18.5 Å². The molecule has 54 heavy (non-hydrogen) atoms. The Balaban J connectivity index is 2.22. The predicted molar refractivity (Wildman–Crippen MR) is 212 cm³/mol. The Hall–Kier alpha value is -3.13. The van der Waals surface area contributed by atoms with Crippen LogP contribution in [0.4, 0.5) is 0 Å². The summed E-state index contributed by atoms with van der Waals surface area (Å²) >= 11 is 0. The van der Waals surface area contributed by atoms with Crippen molar-refractivity contribution < 1.29 is 33.4 Å². The highest BCUT2D eigenvalue weighted by atomic mass is 16.5. The summed E-state index contributed by atoms with van der Waals surface area (Å²) in [6.07, 6.45) is 3.57. The maximum atomic E-state index is 14.4. The van der Waals surface area contributed by atoms with Crippen molar-refractivity contribution in [1.29, 1.82) is 0 Å². The summed E-state index contributed by atoms with van der Waals surface area (Å²) in [6, 6.07) is 3.78. The fourth-order valence-electron chi connectivity index (χ4n) is 7.80. The standard InChI is InChI=1S/C41H72N6O7/c1-13-29(7)37(46(10)41(51)35(27(3)4)44-40(50)36(28(5)6)45(9)24-25-54-14-2)33(52-11)26-34(48)47-23-17-19-32(47)38(53-12)30(8)39(49)43-22-20-31-18-15-16-21-42-31/h15-16,18,21,27-30,32-33,35-38H,13-14,17,19-20,22-26H2,1-12H3,(H,43,49)(H,44,50)/t29-,30+,32-,33+,35-,36-,37-,38+/m0/s1. The van der Waals surface area contributed by atoms with Gasteiger partial charge < -0.3 is 34.6 Å². The molecule has 8 atom stereocenters. The fraction of sp³-hybridized carbons (Fsp3) is 0.780. The molecular weight excluding hydrogens is 688 g/mol. The van der Waals surface area contributed by atoms with Gasteiger partial charge in [-0.05, 0) is 56.7 Å². The molecule has 4 amide bonds. The average molecular weight is 761 g/mol. The van der Waals surface area contributed by atoms with Crippen LogP contribution >= 0.6 is 0 Å². The molecular formula is C41H72N6O7. The number of aromatic nitrogens is 1. The lowest BCUT2D eigenvalue weighted by atomic mass is 9.89. The van der Waals surface area contributed by atoms with E-state index in [4.69, 9.17) is 14.2 Å². The van der Waals surface area contributed by atoms with E-state index in [1.165, 1.54) is 0 Å². The van der Waals surface area contributed by atoms with Crippen molar-refractivity contribution in [3.05, 3.63) is 30.1 Å². The second-order valence-corrected chi connectivity index (χ2v) is 15.5. The molecule has 13 nitrogen and oxygen atoms in total. The molecule has 1 saturated heterocycles. The van der Waals surface area contributed by atoms with Gasteiger partial charge in [-0.25, -0.2) is 0 Å². The van der Waals surface area contributed by atoms with Crippen molar-refractivity contribution in [2.24, 2.45) is 23.7 Å². The molecule has 308 valence electrons. The molecule has 0 unspecified atom stereocenters. The van der Waals surface area contributed by atoms with Gasteiger partial charge in [0, 0.05) is 65.8 Å². The van der Waals surface area contributed by atoms with E-state index >= 15 is 0 Å². The van der Waals surface area contributed by atoms with Crippen LogP contribution in [-0.4, -0.2) is 141 Å². The summed E-state index contributed by atoms with van der Waals surface area (Å²) in [5, 5.41) is 6.10. The summed E-state index contributed by atoms with van der Waals surface area (Å²) in [6.45, 7) is 18.5. The van der Waals surface area contributed by atoms with Crippen molar-refractivity contribution in [3.63, 3.8) is 0 Å². The van der Waals surface area contributed by atoms with E-state index in [1.807, 2.05) is 76.6 Å². The fourth-order valence-corrected chi connectivity index (χ4v) is 7.80. The number of nitrogens with one attached hydrogen (secondary N) is 2. The smallest absolute Gasteiger partial charge is 0.245 e. The molecule has 1 aliphatic heterocycles. The first kappa shape index (κ1) is 47.0. The van der Waals surface area contributed by atoms with Gasteiger partial charge >= 0.3 is 0 Å². The molecule has 1 aromatic rings. The molecule has 0 aromatic carbocycles. The third-order valence-electron chi connectivity index (χ3n) is 11.1. The zero-order valence-corrected chi connectivity index (χ0v) is 35.3. The summed E-state index contributed by atoms with van der Waals surface area (Å²) in [7, 11) is 6.82. The highest BCUT2D eigenvalue weighted by molar-refractivity contribution is 5.90. The normalized spacial score (nSPS) is 18.6. The Labute approximate surface area is 325 Å². The van der Waals surface area contributed by atoms with Crippen molar-refractivity contribution in [3.8, 4) is 0 Å². The van der Waals surface area contributed by atoms with Gasteiger partial charge in [0.1, 0.15) is 6.04 Å². The maximum absolute atomic E-state index is 14.4. The summed E-state index contributed by atoms with van der Waals surface area (Å²) in [4.78, 5) is 65.4. The van der Waals surface area contributed by atoms with E-state index in [9.17, 15) is 19.2 Å². The van der Waals surface area contributed by atoms with Gasteiger partial charge in [-0.1, -0.05) is 61.0 Å². The second kappa shape index (κ2) is 23.7. The van der Waals surface area contributed by atoms with Crippen LogP contribution in [0.3, 0.4) is 0 Å². The first-order valence-electron chi connectivity index (χ1n) is 20.0. The highest BCUT2D eigenvalue weighted by Crippen LogP contribution is 2.29. The monoisotopic (exact) mass is 761 g/mol. The quantitative estimate of drug-likeness (QED) is 0.151. The molecule has 0 aliphatic carbocycles. The number of likely N-dealkylation sites (N-methyl/N-ethyl adjacent to an activating group) is 2. The van der Waals surface area contributed by atoms with Crippen LogP contribution in [0.2, 0.25) is 0 Å². The molecule has 0 spiro atoms. The number of hydrogen-bond acceptors (Lipinski definition) is 9. The summed E-state index contributed by atoms with van der Waals surface area (Å²) in [5.74, 6) is -1.34. The van der Waals surface area contributed by atoms with Crippen LogP contribution < -0.4 is 10.6 Å². The Morgan fingerprint density at radius 2 is 1.69 bits per heavy atom. The third kappa shape index (κ3) is 13.3. The van der Waals surface area contributed by atoms with Crippen LogP contribution in [0.5, 0.6) is 0 Å². The minimum Gasteiger partial charge on any atom is -0.380 e. The maximum Gasteiger partial charge on any atom is 0.245 e. The lowest BCUT2D eigenvalue weighted by molar-refractivity contribution is -0.148. The number of amides is 4. The molecule has 1 aliphatic rings. The number of hydrogen-bond donors (Lipinski definition) is 2. The van der Waals surface area contributed by atoms with E-state index in [0.29, 0.717) is 45.7 Å². The molecule has 0 saturated carbocycles. The first-order valence-corrected chi connectivity index (χ1v) is 20.0. The van der Waals surface area contributed by atoms with Gasteiger partial charge in [0.25, 0.3) is 0 Å². The van der Waals surface area contributed by atoms with Crippen molar-refractivity contribution in [1.82, 2.24) is 30.3 Å². The molecule has 0 radical (unpaired) electrons. The third-order valence-corrected chi connectivity index (χ3v) is 11.1. The Morgan fingerprint density at radius 1 is 0.981 bits per heavy atom. The zero-order valence-electron chi connectivity index (χ0n) is 35.3. The molecule has 2 rings (SSSR count). The topological polar surface area (TPSA) is 143 Å². The number of methoxy groups -OCH3 is 2. The van der Waals surface area contributed by atoms with E-state index in [-0.39, 0.29) is 53.8 Å². The first-order chi connectivity index (χ1) is 25.6. The lowest BCUT2D eigenvalue weighted by Gasteiger charge is -2.41. The molecule has 2 heterocycles. The summed E-state index contributed by atoms with van der Waals surface area (Å²) < 4.78 is 17.5. The number of carbonyl (C=O) groups is 4. The Morgan fingerprint density at radius 3 is 2.24 bits per heavy atom. The van der Waals surface area contributed by atoms with E-state index in [1.54, 1.807) is 32.4 Å². The van der Waals surface area contributed by atoms with Crippen molar-refractivity contribution >= 4 is 23.6 Å². The predicted octanol–water partition coefficient (Wildman–Crippen LogP) is 3.79. The van der Waals surface area contributed by atoms with E-state index < -0.39 is 36.3 Å². The molecule has 2 N–H and O–H groups in total.